The normalized spacial score (nSPS) is 12.7. The Bertz CT molecular complexity index is 631. The predicted molar refractivity (Wildman–Crippen MR) is 140 cm³/mol. The van der Waals surface area contributed by atoms with Crippen LogP contribution in [0.1, 0.15) is 74.1 Å². The zero-order valence-electron chi connectivity index (χ0n) is 21.6. The monoisotopic (exact) mass is 503 g/mol. The van der Waals surface area contributed by atoms with Crippen LogP contribution in [-0.2, 0) is 14.4 Å². The van der Waals surface area contributed by atoms with Gasteiger partial charge in [-0.1, -0.05) is 54.5 Å². The van der Waals surface area contributed by atoms with Crippen LogP contribution in [0.15, 0.2) is 21.7 Å². The molecule has 0 bridgehead atoms. The van der Waals surface area contributed by atoms with Crippen molar-refractivity contribution in [1.82, 2.24) is 16.1 Å². The van der Waals surface area contributed by atoms with E-state index in [1.165, 1.54) is 9.69 Å². The van der Waals surface area contributed by atoms with Crippen LogP contribution in [0, 0.1) is 17.8 Å². The van der Waals surface area contributed by atoms with Crippen LogP contribution in [-0.4, -0.2) is 41.8 Å². The first kappa shape index (κ1) is 33.6. The van der Waals surface area contributed by atoms with E-state index in [1.54, 1.807) is 23.1 Å². The lowest BCUT2D eigenvalue weighted by atomic mass is 9.93. The summed E-state index contributed by atoms with van der Waals surface area (Å²) in [5.41, 5.74) is 1.52. The fraction of sp³-hybridized carbons (Fsp3) is 0.708. The molecule has 1 aromatic rings. The highest BCUT2D eigenvalue weighted by Crippen LogP contribution is 2.19. The van der Waals surface area contributed by atoms with Crippen molar-refractivity contribution in [3.63, 3.8) is 0 Å². The maximum absolute atomic E-state index is 12.0. The second kappa shape index (κ2) is 21.0. The minimum absolute atomic E-state index is 0.0787. The highest BCUT2D eigenvalue weighted by Gasteiger charge is 2.25. The van der Waals surface area contributed by atoms with Gasteiger partial charge in [0.2, 0.25) is 17.7 Å². The van der Waals surface area contributed by atoms with Gasteiger partial charge in [-0.25, -0.2) is 5.48 Å². The Balaban J connectivity index is 0. The molecule has 4 N–H and O–H groups in total. The number of amides is 3. The molecule has 0 spiro atoms. The number of thiophene rings is 1. The van der Waals surface area contributed by atoms with Crippen molar-refractivity contribution in [2.45, 2.75) is 84.4 Å². The van der Waals surface area contributed by atoms with E-state index in [-0.39, 0.29) is 36.7 Å². The van der Waals surface area contributed by atoms with Crippen LogP contribution >= 0.6 is 23.1 Å². The first-order valence-electron chi connectivity index (χ1n) is 11.7. The number of carbonyl (C=O) groups excluding carboxylic acids is 3. The van der Waals surface area contributed by atoms with Crippen LogP contribution in [0.25, 0.3) is 0 Å². The molecule has 1 saturated carbocycles. The maximum atomic E-state index is 12.0. The Morgan fingerprint density at radius 1 is 1.12 bits per heavy atom. The van der Waals surface area contributed by atoms with Gasteiger partial charge in [0.15, 0.2) is 0 Å². The van der Waals surface area contributed by atoms with Gasteiger partial charge in [-0.05, 0) is 48.8 Å². The van der Waals surface area contributed by atoms with Gasteiger partial charge in [-0.3, -0.25) is 19.6 Å². The van der Waals surface area contributed by atoms with Gasteiger partial charge in [0, 0.05) is 18.4 Å². The molecule has 0 radical (unpaired) electrons. The van der Waals surface area contributed by atoms with Gasteiger partial charge in [-0.15, -0.1) is 23.1 Å². The van der Waals surface area contributed by atoms with Gasteiger partial charge in [-0.2, -0.15) is 0 Å². The van der Waals surface area contributed by atoms with Crippen LogP contribution < -0.4 is 16.1 Å². The summed E-state index contributed by atoms with van der Waals surface area (Å²) in [4.78, 5) is 34.6. The van der Waals surface area contributed by atoms with E-state index in [2.05, 4.69) is 55.2 Å². The first-order chi connectivity index (χ1) is 15.6. The summed E-state index contributed by atoms with van der Waals surface area (Å²) in [6.07, 6.45) is 4.50. The summed E-state index contributed by atoms with van der Waals surface area (Å²) in [6, 6.07) is 4.44. The summed E-state index contributed by atoms with van der Waals surface area (Å²) >= 11 is 3.58. The zero-order valence-corrected chi connectivity index (χ0v) is 23.2. The van der Waals surface area contributed by atoms with Crippen LogP contribution in [0.3, 0.4) is 0 Å². The Hall–Kier alpha value is -1.58. The molecule has 0 aromatic carbocycles. The molecule has 9 heteroatoms. The lowest BCUT2D eigenvalue weighted by molar-refractivity contribution is -0.135. The molecular formula is C24H45N3O4S2. The lowest BCUT2D eigenvalue weighted by Crippen LogP contribution is -2.41. The van der Waals surface area contributed by atoms with Crippen molar-refractivity contribution in [3.8, 4) is 0 Å². The number of hydroxylamine groups is 1. The third kappa shape index (κ3) is 22.0. The minimum atomic E-state index is -0.603. The van der Waals surface area contributed by atoms with E-state index >= 15 is 0 Å². The zero-order chi connectivity index (χ0) is 25.8. The molecule has 0 saturated heterocycles. The van der Waals surface area contributed by atoms with E-state index in [0.29, 0.717) is 6.42 Å². The molecular weight excluding hydrogens is 458 g/mol. The molecule has 1 aliphatic carbocycles. The smallest absolute Gasteiger partial charge is 0.244 e. The average Bonchev–Trinajstić information content (AvgIpc) is 3.41. The predicted octanol–water partition coefficient (Wildman–Crippen LogP) is 5.10. The molecule has 33 heavy (non-hydrogen) atoms. The van der Waals surface area contributed by atoms with E-state index in [4.69, 9.17) is 5.21 Å². The second-order valence-corrected chi connectivity index (χ2v) is 10.5. The standard InChI is InChI=1S/C13H23N3O4.C5H6S2.C4H10.C2H6/c1-8(2)5-9(6-11(17)16-20)13(19)14-7-12(18)15-10-3-4-10;1-6-5-3-2-4-7-5;1-4(2)3;1-2/h8-10,20H,3-7H2,1-2H3,(H,14,19)(H,15,18)(H,16,17);2-4H,1H3;4H,1-3H3;1-2H3. The summed E-state index contributed by atoms with van der Waals surface area (Å²) in [7, 11) is 0. The average molecular weight is 504 g/mol. The minimum Gasteiger partial charge on any atom is -0.352 e. The highest BCUT2D eigenvalue weighted by molar-refractivity contribution is 8.00. The Morgan fingerprint density at radius 2 is 1.70 bits per heavy atom. The van der Waals surface area contributed by atoms with E-state index < -0.39 is 11.8 Å². The summed E-state index contributed by atoms with van der Waals surface area (Å²) in [5.74, 6) is -0.634. The Kier molecular flexibility index (Phi) is 21.4. The fourth-order valence-electron chi connectivity index (χ4n) is 2.32. The number of hydrogen-bond acceptors (Lipinski definition) is 6. The van der Waals surface area contributed by atoms with Crippen LogP contribution in [0.2, 0.25) is 0 Å². The van der Waals surface area contributed by atoms with Gasteiger partial charge >= 0.3 is 0 Å². The van der Waals surface area contributed by atoms with Gasteiger partial charge < -0.3 is 10.6 Å². The van der Waals surface area contributed by atoms with Gasteiger partial charge in [0.05, 0.1) is 10.8 Å². The second-order valence-electron chi connectivity index (χ2n) is 8.49. The number of hydrogen-bond donors (Lipinski definition) is 4. The molecule has 1 unspecified atom stereocenters. The fourth-order valence-corrected chi connectivity index (χ4v) is 3.53. The van der Waals surface area contributed by atoms with Crippen molar-refractivity contribution < 1.29 is 19.6 Å². The molecule has 1 atom stereocenters. The number of carbonyl (C=O) groups is 3. The molecule has 192 valence electrons. The Labute approximate surface area is 208 Å². The van der Waals surface area contributed by atoms with Crippen molar-refractivity contribution in [2.24, 2.45) is 17.8 Å². The van der Waals surface area contributed by atoms with Crippen LogP contribution in [0.5, 0.6) is 0 Å². The van der Waals surface area contributed by atoms with Gasteiger partial charge in [0.25, 0.3) is 0 Å². The van der Waals surface area contributed by atoms with Crippen molar-refractivity contribution >= 4 is 40.8 Å². The third-order valence-electron chi connectivity index (χ3n) is 3.75. The van der Waals surface area contributed by atoms with Crippen LogP contribution in [0.4, 0.5) is 0 Å². The molecule has 1 aromatic heterocycles. The van der Waals surface area contributed by atoms with E-state index in [9.17, 15) is 14.4 Å². The molecule has 1 aliphatic rings. The van der Waals surface area contributed by atoms with Crippen molar-refractivity contribution in [3.05, 3.63) is 17.5 Å². The third-order valence-corrected chi connectivity index (χ3v) is 5.73. The summed E-state index contributed by atoms with van der Waals surface area (Å²) in [6.45, 7) is 14.3. The van der Waals surface area contributed by atoms with Crippen molar-refractivity contribution in [1.29, 1.82) is 0 Å². The topological polar surface area (TPSA) is 108 Å². The number of rotatable bonds is 9. The largest absolute Gasteiger partial charge is 0.352 e. The molecule has 1 heterocycles. The van der Waals surface area contributed by atoms with E-state index in [0.717, 1.165) is 18.8 Å². The molecule has 7 nitrogen and oxygen atoms in total. The molecule has 1 fully saturated rings. The summed E-state index contributed by atoms with van der Waals surface area (Å²) < 4.78 is 1.39. The Morgan fingerprint density at radius 3 is 2.06 bits per heavy atom. The van der Waals surface area contributed by atoms with Crippen molar-refractivity contribution in [2.75, 3.05) is 12.8 Å². The SMILES string of the molecule is CC.CC(C)C.CC(C)CC(CC(=O)NO)C(=O)NCC(=O)NC1CC1.CSc1cccs1. The summed E-state index contributed by atoms with van der Waals surface area (Å²) in [5, 5.41) is 15.9. The van der Waals surface area contributed by atoms with E-state index in [1.807, 2.05) is 27.7 Å². The molecule has 0 aliphatic heterocycles. The number of thioether (sulfide) groups is 1. The number of nitrogens with one attached hydrogen (secondary N) is 3. The molecule has 3 amide bonds. The maximum Gasteiger partial charge on any atom is 0.244 e. The lowest BCUT2D eigenvalue weighted by Gasteiger charge is -2.17. The first-order valence-corrected chi connectivity index (χ1v) is 13.8. The molecule has 2 rings (SSSR count). The quantitative estimate of drug-likeness (QED) is 0.213. The highest BCUT2D eigenvalue weighted by atomic mass is 32.2. The van der Waals surface area contributed by atoms with Gasteiger partial charge in [0.1, 0.15) is 0 Å².